The normalized spacial score (nSPS) is 11.5. The fraction of sp³-hybridized carbons (Fsp3) is 0.259. The van der Waals surface area contributed by atoms with E-state index in [1.807, 2.05) is 61.5 Å². The number of halogens is 3. The van der Waals surface area contributed by atoms with Gasteiger partial charge in [-0.3, -0.25) is 9.59 Å². The zero-order valence-electron chi connectivity index (χ0n) is 19.3. The Hall–Kier alpha value is -2.35. The van der Waals surface area contributed by atoms with Gasteiger partial charge in [-0.2, -0.15) is 0 Å². The van der Waals surface area contributed by atoms with Crippen molar-refractivity contribution in [2.75, 3.05) is 13.2 Å². The van der Waals surface area contributed by atoms with Crippen LogP contribution in [0.25, 0.3) is 0 Å². The van der Waals surface area contributed by atoms with Crippen LogP contribution in [0.1, 0.15) is 24.5 Å². The molecule has 5 nitrogen and oxygen atoms in total. The number of carbonyl (C=O) groups excluding carboxylic acids is 2. The largest absolute Gasteiger partial charge is 0.483 e. The number of benzene rings is 3. The molecule has 3 aromatic rings. The Bertz CT molecular complexity index is 1140. The molecule has 2 amide bonds. The van der Waals surface area contributed by atoms with E-state index in [1.165, 1.54) is 0 Å². The Kier molecular flexibility index (Phi) is 10.6. The smallest absolute Gasteiger partial charge is 0.261 e. The maximum atomic E-state index is 13.6. The molecule has 1 N–H and O–H groups in total. The summed E-state index contributed by atoms with van der Waals surface area (Å²) in [5, 5.41) is 3.53. The summed E-state index contributed by atoms with van der Waals surface area (Å²) < 4.78 is 7.37. The van der Waals surface area contributed by atoms with Gasteiger partial charge in [0.25, 0.3) is 5.91 Å². The number of nitrogens with one attached hydrogen (secondary N) is 1. The van der Waals surface area contributed by atoms with Crippen LogP contribution in [-0.4, -0.2) is 35.9 Å². The van der Waals surface area contributed by atoms with Gasteiger partial charge in [-0.1, -0.05) is 76.9 Å². The second-order valence-electron chi connectivity index (χ2n) is 8.01. The second-order valence-corrected chi connectivity index (χ2v) is 10.2. The molecule has 0 aliphatic carbocycles. The van der Waals surface area contributed by atoms with E-state index in [9.17, 15) is 9.59 Å². The number of rotatable bonds is 11. The lowest BCUT2D eigenvalue weighted by molar-refractivity contribution is -0.142. The van der Waals surface area contributed by atoms with Crippen LogP contribution in [-0.2, 0) is 22.6 Å². The van der Waals surface area contributed by atoms with Crippen LogP contribution < -0.4 is 10.1 Å². The summed E-state index contributed by atoms with van der Waals surface area (Å²) in [5.74, 6) is 0.0197. The molecule has 0 fully saturated rings. The van der Waals surface area contributed by atoms with Gasteiger partial charge in [-0.15, -0.1) is 0 Å². The highest BCUT2D eigenvalue weighted by Crippen LogP contribution is 2.28. The summed E-state index contributed by atoms with van der Waals surface area (Å²) in [4.78, 5) is 28.5. The Balaban J connectivity index is 1.90. The summed E-state index contributed by atoms with van der Waals surface area (Å²) in [6.45, 7) is 2.58. The van der Waals surface area contributed by atoms with Crippen molar-refractivity contribution < 1.29 is 14.3 Å². The van der Waals surface area contributed by atoms with Crippen LogP contribution in [0.3, 0.4) is 0 Å². The zero-order chi connectivity index (χ0) is 25.2. The van der Waals surface area contributed by atoms with E-state index in [0.29, 0.717) is 28.2 Å². The standard InChI is InChI=1S/C27H27Br2ClN2O3/c1-2-13-31-27(34)24(15-19-7-4-3-5-8-19)32(17-20-9-6-10-21(28)14-20)26(33)18-35-25-12-11-22(30)16-23(25)29/h3-12,14,16,24H,2,13,15,17-18H2,1H3,(H,31,34)/t24-/m1/s1. The van der Waals surface area contributed by atoms with Gasteiger partial charge >= 0.3 is 0 Å². The highest BCUT2D eigenvalue weighted by molar-refractivity contribution is 9.10. The van der Waals surface area contributed by atoms with E-state index in [0.717, 1.165) is 22.0 Å². The first-order valence-electron chi connectivity index (χ1n) is 11.3. The van der Waals surface area contributed by atoms with Gasteiger partial charge in [-0.25, -0.2) is 0 Å². The molecule has 8 heteroatoms. The minimum Gasteiger partial charge on any atom is -0.483 e. The molecule has 3 rings (SSSR count). The minimum atomic E-state index is -0.701. The molecule has 0 spiro atoms. The van der Waals surface area contributed by atoms with Gasteiger partial charge in [0.05, 0.1) is 4.47 Å². The van der Waals surface area contributed by atoms with Crippen LogP contribution in [0.4, 0.5) is 0 Å². The first-order chi connectivity index (χ1) is 16.9. The molecule has 0 unspecified atom stereocenters. The molecule has 1 atom stereocenters. The van der Waals surface area contributed by atoms with Crippen molar-refractivity contribution >= 4 is 55.3 Å². The second kappa shape index (κ2) is 13.7. The molecule has 0 saturated heterocycles. The average Bonchev–Trinajstić information content (AvgIpc) is 2.84. The molecule has 0 aromatic heterocycles. The van der Waals surface area contributed by atoms with Crippen molar-refractivity contribution in [3.63, 3.8) is 0 Å². The van der Waals surface area contributed by atoms with Gasteiger partial charge in [0.2, 0.25) is 5.91 Å². The zero-order valence-corrected chi connectivity index (χ0v) is 23.3. The third kappa shape index (κ3) is 8.37. The first-order valence-corrected chi connectivity index (χ1v) is 13.3. The maximum absolute atomic E-state index is 13.6. The van der Waals surface area contributed by atoms with Crippen LogP contribution >= 0.6 is 43.5 Å². The molecule has 184 valence electrons. The maximum Gasteiger partial charge on any atom is 0.261 e. The molecule has 0 aliphatic rings. The van der Waals surface area contributed by atoms with Crippen LogP contribution in [0.5, 0.6) is 5.75 Å². The van der Waals surface area contributed by atoms with Crippen LogP contribution in [0.2, 0.25) is 5.02 Å². The van der Waals surface area contributed by atoms with Gasteiger partial charge in [0, 0.05) is 29.0 Å². The number of hydrogen-bond acceptors (Lipinski definition) is 3. The lowest BCUT2D eigenvalue weighted by Crippen LogP contribution is -2.51. The summed E-state index contributed by atoms with van der Waals surface area (Å²) in [6, 6.07) is 21.8. The third-order valence-electron chi connectivity index (χ3n) is 5.31. The SMILES string of the molecule is CCCNC(=O)[C@@H](Cc1ccccc1)N(Cc1cccc(Br)c1)C(=O)COc1ccc(Cl)cc1Br. The molecule has 0 bridgehead atoms. The summed E-state index contributed by atoms with van der Waals surface area (Å²) in [6.07, 6.45) is 1.19. The number of carbonyl (C=O) groups is 2. The monoisotopic (exact) mass is 620 g/mol. The molecular weight excluding hydrogens is 596 g/mol. The van der Waals surface area contributed by atoms with E-state index < -0.39 is 6.04 Å². The van der Waals surface area contributed by atoms with Crippen molar-refractivity contribution in [3.05, 3.63) is 97.9 Å². The molecule has 35 heavy (non-hydrogen) atoms. The number of hydrogen-bond donors (Lipinski definition) is 1. The number of nitrogens with zero attached hydrogens (tertiary/aromatic N) is 1. The molecule has 3 aromatic carbocycles. The predicted octanol–water partition coefficient (Wildman–Crippen LogP) is 6.41. The van der Waals surface area contributed by atoms with Gasteiger partial charge in [-0.05, 0) is 63.8 Å². The predicted molar refractivity (Wildman–Crippen MR) is 147 cm³/mol. The quantitative estimate of drug-likeness (QED) is 0.269. The Morgan fingerprint density at radius 3 is 2.43 bits per heavy atom. The highest BCUT2D eigenvalue weighted by atomic mass is 79.9. The fourth-order valence-corrected chi connectivity index (χ4v) is 4.81. The van der Waals surface area contributed by atoms with Crippen molar-refractivity contribution in [3.8, 4) is 5.75 Å². The Morgan fingerprint density at radius 1 is 1.00 bits per heavy atom. The molecule has 0 saturated carbocycles. The summed E-state index contributed by atoms with van der Waals surface area (Å²) in [5.41, 5.74) is 1.87. The van der Waals surface area contributed by atoms with E-state index in [1.54, 1.807) is 23.1 Å². The average molecular weight is 623 g/mol. The summed E-state index contributed by atoms with van der Waals surface area (Å²) >= 11 is 12.9. The molecule has 0 radical (unpaired) electrons. The van der Waals surface area contributed by atoms with E-state index in [4.69, 9.17) is 16.3 Å². The van der Waals surface area contributed by atoms with Gasteiger partial charge in [0.1, 0.15) is 11.8 Å². The van der Waals surface area contributed by atoms with Gasteiger partial charge < -0.3 is 15.0 Å². The van der Waals surface area contributed by atoms with Crippen LogP contribution in [0, 0.1) is 0 Å². The fourth-order valence-electron chi connectivity index (χ4n) is 3.57. The first kappa shape index (κ1) is 27.2. The minimum absolute atomic E-state index is 0.188. The molecule has 0 heterocycles. The van der Waals surface area contributed by atoms with E-state index in [2.05, 4.69) is 37.2 Å². The number of amides is 2. The van der Waals surface area contributed by atoms with Gasteiger partial charge in [0.15, 0.2) is 6.61 Å². The van der Waals surface area contributed by atoms with Crippen molar-refractivity contribution in [1.29, 1.82) is 0 Å². The van der Waals surface area contributed by atoms with Crippen molar-refractivity contribution in [1.82, 2.24) is 10.2 Å². The lowest BCUT2D eigenvalue weighted by atomic mass is 10.0. The van der Waals surface area contributed by atoms with E-state index in [-0.39, 0.29) is 25.0 Å². The molecule has 0 aliphatic heterocycles. The Morgan fingerprint density at radius 2 is 1.74 bits per heavy atom. The number of ether oxygens (including phenoxy) is 1. The van der Waals surface area contributed by atoms with Crippen molar-refractivity contribution in [2.24, 2.45) is 0 Å². The van der Waals surface area contributed by atoms with Crippen LogP contribution in [0.15, 0.2) is 81.7 Å². The summed E-state index contributed by atoms with van der Waals surface area (Å²) in [7, 11) is 0. The highest BCUT2D eigenvalue weighted by Gasteiger charge is 2.30. The third-order valence-corrected chi connectivity index (χ3v) is 6.66. The molecular formula is C27H27Br2ClN2O3. The van der Waals surface area contributed by atoms with E-state index >= 15 is 0 Å². The Labute approximate surface area is 228 Å². The van der Waals surface area contributed by atoms with Crippen molar-refractivity contribution in [2.45, 2.75) is 32.4 Å². The lowest BCUT2D eigenvalue weighted by Gasteiger charge is -2.31. The topological polar surface area (TPSA) is 58.6 Å².